The van der Waals surface area contributed by atoms with Gasteiger partial charge in [-0.2, -0.15) is 0 Å². The lowest BCUT2D eigenvalue weighted by Crippen LogP contribution is -2.55. The molecule has 1 aliphatic heterocycles. The predicted molar refractivity (Wildman–Crippen MR) is 82.2 cm³/mol. The molecule has 1 atom stereocenters. The minimum atomic E-state index is -0.648. The number of rotatable bonds is 5. The van der Waals surface area contributed by atoms with Crippen LogP contribution < -0.4 is 10.6 Å². The predicted octanol–water partition coefficient (Wildman–Crippen LogP) is 1.87. The summed E-state index contributed by atoms with van der Waals surface area (Å²) in [6, 6.07) is 4.39. The van der Waals surface area contributed by atoms with Crippen LogP contribution in [0.15, 0.2) is 12.1 Å². The molecule has 112 valence electrons. The van der Waals surface area contributed by atoms with Gasteiger partial charge in [0, 0.05) is 29.3 Å². The summed E-state index contributed by atoms with van der Waals surface area (Å²) in [7, 11) is 1.64. The molecular formula is C15H24N2O2S. The number of hydrogen-bond donors (Lipinski definition) is 2. The molecule has 0 bridgehead atoms. The van der Waals surface area contributed by atoms with Crippen molar-refractivity contribution in [2.24, 2.45) is 0 Å². The van der Waals surface area contributed by atoms with Crippen molar-refractivity contribution >= 4 is 17.2 Å². The SMILES string of the molecule is COC1(C(=O)NC(C)Cc2ccc(C)s2)CCNCC1. The lowest BCUT2D eigenvalue weighted by atomic mass is 9.90. The van der Waals surface area contributed by atoms with E-state index in [4.69, 9.17) is 4.74 Å². The molecule has 20 heavy (non-hydrogen) atoms. The van der Waals surface area contributed by atoms with Crippen LogP contribution in [0.1, 0.15) is 29.5 Å². The third-order valence-electron chi connectivity index (χ3n) is 3.90. The Labute approximate surface area is 124 Å². The molecule has 1 saturated heterocycles. The second-order valence-corrected chi connectivity index (χ2v) is 6.91. The molecule has 2 heterocycles. The zero-order valence-electron chi connectivity index (χ0n) is 12.5. The number of piperidine rings is 1. The van der Waals surface area contributed by atoms with Crippen molar-refractivity contribution in [2.75, 3.05) is 20.2 Å². The summed E-state index contributed by atoms with van der Waals surface area (Å²) in [6.45, 7) is 5.82. The van der Waals surface area contributed by atoms with Crippen molar-refractivity contribution in [3.63, 3.8) is 0 Å². The maximum absolute atomic E-state index is 12.5. The van der Waals surface area contributed by atoms with Gasteiger partial charge in [0.05, 0.1) is 0 Å². The van der Waals surface area contributed by atoms with Crippen LogP contribution in [0.25, 0.3) is 0 Å². The molecule has 1 aliphatic rings. The van der Waals surface area contributed by atoms with E-state index in [-0.39, 0.29) is 11.9 Å². The third-order valence-corrected chi connectivity index (χ3v) is 4.92. The Bertz CT molecular complexity index is 452. The lowest BCUT2D eigenvalue weighted by Gasteiger charge is -2.35. The van der Waals surface area contributed by atoms with Crippen LogP contribution in [0.3, 0.4) is 0 Å². The zero-order chi connectivity index (χ0) is 14.6. The largest absolute Gasteiger partial charge is 0.368 e. The van der Waals surface area contributed by atoms with Gasteiger partial charge in [-0.15, -0.1) is 11.3 Å². The maximum Gasteiger partial charge on any atom is 0.252 e. The summed E-state index contributed by atoms with van der Waals surface area (Å²) >= 11 is 1.79. The molecule has 1 fully saturated rings. The van der Waals surface area contributed by atoms with Crippen LogP contribution in [0, 0.1) is 6.92 Å². The Hall–Kier alpha value is -0.910. The normalized spacial score (nSPS) is 19.6. The first kappa shape index (κ1) is 15.5. The molecule has 5 heteroatoms. The smallest absolute Gasteiger partial charge is 0.252 e. The molecule has 0 aliphatic carbocycles. The number of thiophene rings is 1. The van der Waals surface area contributed by atoms with Crippen molar-refractivity contribution in [2.45, 2.75) is 44.8 Å². The monoisotopic (exact) mass is 296 g/mol. The molecular weight excluding hydrogens is 272 g/mol. The molecule has 1 amide bonds. The van der Waals surface area contributed by atoms with Crippen molar-refractivity contribution in [1.29, 1.82) is 0 Å². The van der Waals surface area contributed by atoms with E-state index in [1.165, 1.54) is 9.75 Å². The molecule has 0 radical (unpaired) electrons. The quantitative estimate of drug-likeness (QED) is 0.872. The van der Waals surface area contributed by atoms with Gasteiger partial charge in [0.25, 0.3) is 5.91 Å². The molecule has 1 unspecified atom stereocenters. The third kappa shape index (κ3) is 3.59. The maximum atomic E-state index is 12.5. The number of amides is 1. The molecule has 0 saturated carbocycles. The van der Waals surface area contributed by atoms with Crippen LogP contribution in [-0.4, -0.2) is 37.7 Å². The highest BCUT2D eigenvalue weighted by Gasteiger charge is 2.40. The summed E-state index contributed by atoms with van der Waals surface area (Å²) < 4.78 is 5.55. The fraction of sp³-hybridized carbons (Fsp3) is 0.667. The van der Waals surface area contributed by atoms with Crippen molar-refractivity contribution < 1.29 is 9.53 Å². The summed E-state index contributed by atoms with van der Waals surface area (Å²) in [5, 5.41) is 6.38. The summed E-state index contributed by atoms with van der Waals surface area (Å²) in [5.74, 6) is 0.0299. The average molecular weight is 296 g/mol. The molecule has 2 rings (SSSR count). The number of nitrogens with one attached hydrogen (secondary N) is 2. The van der Waals surface area contributed by atoms with Crippen molar-refractivity contribution in [1.82, 2.24) is 10.6 Å². The number of carbonyl (C=O) groups excluding carboxylic acids is 1. The van der Waals surface area contributed by atoms with E-state index in [9.17, 15) is 4.79 Å². The molecule has 0 spiro atoms. The van der Waals surface area contributed by atoms with E-state index in [0.717, 1.165) is 32.4 Å². The van der Waals surface area contributed by atoms with Gasteiger partial charge in [0.2, 0.25) is 0 Å². The molecule has 1 aromatic heterocycles. The lowest BCUT2D eigenvalue weighted by molar-refractivity contribution is -0.147. The van der Waals surface area contributed by atoms with Gasteiger partial charge >= 0.3 is 0 Å². The molecule has 1 aromatic rings. The first-order valence-corrected chi connectivity index (χ1v) is 7.99. The van der Waals surface area contributed by atoms with Crippen molar-refractivity contribution in [3.05, 3.63) is 21.9 Å². The van der Waals surface area contributed by atoms with Gasteiger partial charge in [0.15, 0.2) is 0 Å². The number of carbonyl (C=O) groups is 1. The Kier molecular flexibility index (Phi) is 5.18. The average Bonchev–Trinajstić information content (AvgIpc) is 2.84. The first-order chi connectivity index (χ1) is 9.55. The Balaban J connectivity index is 1.92. The summed E-state index contributed by atoms with van der Waals surface area (Å²) in [5.41, 5.74) is -0.648. The second-order valence-electron chi connectivity index (χ2n) is 5.54. The van der Waals surface area contributed by atoms with Crippen LogP contribution in [0.5, 0.6) is 0 Å². The van der Waals surface area contributed by atoms with Gasteiger partial charge in [0.1, 0.15) is 5.60 Å². The Morgan fingerprint density at radius 2 is 2.20 bits per heavy atom. The highest BCUT2D eigenvalue weighted by molar-refractivity contribution is 7.11. The number of aryl methyl sites for hydroxylation is 1. The van der Waals surface area contributed by atoms with Gasteiger partial charge < -0.3 is 15.4 Å². The standard InChI is InChI=1S/C15H24N2O2S/c1-11(10-13-5-4-12(2)20-13)17-14(18)15(19-3)6-8-16-9-7-15/h4-5,11,16H,6-10H2,1-3H3,(H,17,18). The number of ether oxygens (including phenoxy) is 1. The Morgan fingerprint density at radius 3 is 2.75 bits per heavy atom. The van der Waals surface area contributed by atoms with Crippen LogP contribution in [0.4, 0.5) is 0 Å². The molecule has 4 nitrogen and oxygen atoms in total. The van der Waals surface area contributed by atoms with E-state index in [1.54, 1.807) is 18.4 Å². The Morgan fingerprint density at radius 1 is 1.50 bits per heavy atom. The highest BCUT2D eigenvalue weighted by atomic mass is 32.1. The van der Waals surface area contributed by atoms with Crippen LogP contribution >= 0.6 is 11.3 Å². The van der Waals surface area contributed by atoms with Gasteiger partial charge in [-0.25, -0.2) is 0 Å². The fourth-order valence-corrected chi connectivity index (χ4v) is 3.68. The number of methoxy groups -OCH3 is 1. The topological polar surface area (TPSA) is 50.4 Å². The van der Waals surface area contributed by atoms with Gasteiger partial charge in [-0.05, 0) is 51.9 Å². The van der Waals surface area contributed by atoms with Gasteiger partial charge in [-0.1, -0.05) is 0 Å². The van der Waals surface area contributed by atoms with Crippen molar-refractivity contribution in [3.8, 4) is 0 Å². The highest BCUT2D eigenvalue weighted by Crippen LogP contribution is 2.23. The molecule has 0 aromatic carbocycles. The van der Waals surface area contributed by atoms with E-state index in [1.807, 2.05) is 0 Å². The summed E-state index contributed by atoms with van der Waals surface area (Å²) in [6.07, 6.45) is 2.35. The van der Waals surface area contributed by atoms with E-state index >= 15 is 0 Å². The van der Waals surface area contributed by atoms with Crippen LogP contribution in [0.2, 0.25) is 0 Å². The second kappa shape index (κ2) is 6.70. The van der Waals surface area contributed by atoms with E-state index < -0.39 is 5.60 Å². The van der Waals surface area contributed by atoms with Crippen LogP contribution in [-0.2, 0) is 16.0 Å². The number of hydrogen-bond acceptors (Lipinski definition) is 4. The van der Waals surface area contributed by atoms with Gasteiger partial charge in [-0.3, -0.25) is 4.79 Å². The van der Waals surface area contributed by atoms with E-state index in [0.29, 0.717) is 0 Å². The van der Waals surface area contributed by atoms with E-state index in [2.05, 4.69) is 36.6 Å². The zero-order valence-corrected chi connectivity index (χ0v) is 13.3. The summed E-state index contributed by atoms with van der Waals surface area (Å²) in [4.78, 5) is 15.1. The minimum absolute atomic E-state index is 0.0299. The minimum Gasteiger partial charge on any atom is -0.368 e. The first-order valence-electron chi connectivity index (χ1n) is 7.18. The molecule has 2 N–H and O–H groups in total. The fourth-order valence-electron chi connectivity index (χ4n) is 2.66.